The summed E-state index contributed by atoms with van der Waals surface area (Å²) in [5.41, 5.74) is 4.19. The van der Waals surface area contributed by atoms with Gasteiger partial charge >= 0.3 is 0 Å². The molecule has 7 nitrogen and oxygen atoms in total. The molecule has 0 saturated carbocycles. The van der Waals surface area contributed by atoms with E-state index in [1.807, 2.05) is 19.1 Å². The largest absolute Gasteiger partial charge is 0.481 e. The fourth-order valence-corrected chi connectivity index (χ4v) is 4.55. The van der Waals surface area contributed by atoms with Gasteiger partial charge in [-0.2, -0.15) is 5.10 Å². The predicted octanol–water partition coefficient (Wildman–Crippen LogP) is 4.46. The first-order valence-corrected chi connectivity index (χ1v) is 10.7. The average Bonchev–Trinajstić information content (AvgIpc) is 3.45. The van der Waals surface area contributed by atoms with Gasteiger partial charge in [-0.25, -0.2) is 13.5 Å². The second kappa shape index (κ2) is 8.40. The fourth-order valence-electron chi connectivity index (χ4n) is 4.55. The van der Waals surface area contributed by atoms with Crippen molar-refractivity contribution in [3.05, 3.63) is 88.2 Å². The molecule has 4 aromatic rings. The SMILES string of the molecule is COc1c(C2CN(C(=O)c3cc(-c4ccc(F)cc4F)on3)Cc3c(C)cccc32)cnn1C. The van der Waals surface area contributed by atoms with Gasteiger partial charge in [-0.05, 0) is 35.7 Å². The molecule has 1 unspecified atom stereocenters. The van der Waals surface area contributed by atoms with Gasteiger partial charge < -0.3 is 14.2 Å². The highest BCUT2D eigenvalue weighted by Crippen LogP contribution is 2.39. The van der Waals surface area contributed by atoms with Crippen LogP contribution in [0, 0.1) is 18.6 Å². The van der Waals surface area contributed by atoms with Crippen molar-refractivity contribution in [2.75, 3.05) is 13.7 Å². The number of carbonyl (C=O) groups is 1. The van der Waals surface area contributed by atoms with Crippen molar-refractivity contribution in [1.29, 1.82) is 0 Å². The van der Waals surface area contributed by atoms with Crippen molar-refractivity contribution in [3.63, 3.8) is 0 Å². The summed E-state index contributed by atoms with van der Waals surface area (Å²) in [6.07, 6.45) is 1.76. The molecule has 1 atom stereocenters. The van der Waals surface area contributed by atoms with Crippen LogP contribution in [0.4, 0.5) is 8.78 Å². The molecule has 174 valence electrons. The molecule has 0 saturated heterocycles. The summed E-state index contributed by atoms with van der Waals surface area (Å²) >= 11 is 0. The Morgan fingerprint density at radius 3 is 2.76 bits per heavy atom. The van der Waals surface area contributed by atoms with E-state index in [1.165, 1.54) is 12.1 Å². The van der Waals surface area contributed by atoms with E-state index in [2.05, 4.69) is 16.3 Å². The highest BCUT2D eigenvalue weighted by molar-refractivity contribution is 5.93. The third kappa shape index (κ3) is 3.63. The Hall–Kier alpha value is -4.01. The lowest BCUT2D eigenvalue weighted by Crippen LogP contribution is -2.39. The number of halogens is 2. The van der Waals surface area contributed by atoms with Crippen LogP contribution in [0.1, 0.15) is 38.7 Å². The van der Waals surface area contributed by atoms with Crippen LogP contribution in [0.15, 0.2) is 53.2 Å². The summed E-state index contributed by atoms with van der Waals surface area (Å²) in [5.74, 6) is -1.31. The zero-order valence-corrected chi connectivity index (χ0v) is 18.9. The first-order chi connectivity index (χ1) is 16.4. The van der Waals surface area contributed by atoms with E-state index in [4.69, 9.17) is 9.26 Å². The minimum atomic E-state index is -0.790. The smallest absolute Gasteiger partial charge is 0.276 e. The molecule has 1 aliphatic heterocycles. The molecule has 1 amide bonds. The van der Waals surface area contributed by atoms with Crippen LogP contribution in [0.3, 0.4) is 0 Å². The Kier molecular flexibility index (Phi) is 5.39. The fraction of sp³-hybridized carbons (Fsp3) is 0.240. The van der Waals surface area contributed by atoms with E-state index in [0.29, 0.717) is 19.0 Å². The van der Waals surface area contributed by atoms with Gasteiger partial charge in [0.25, 0.3) is 5.91 Å². The summed E-state index contributed by atoms with van der Waals surface area (Å²) in [6, 6.07) is 10.6. The van der Waals surface area contributed by atoms with Gasteiger partial charge in [-0.15, -0.1) is 0 Å². The minimum Gasteiger partial charge on any atom is -0.481 e. The lowest BCUT2D eigenvalue weighted by atomic mass is 9.84. The zero-order valence-electron chi connectivity index (χ0n) is 18.9. The van der Waals surface area contributed by atoms with Gasteiger partial charge in [0.15, 0.2) is 11.5 Å². The van der Waals surface area contributed by atoms with Gasteiger partial charge in [0.2, 0.25) is 5.88 Å². The number of amides is 1. The molecule has 2 aromatic heterocycles. The molecular weight excluding hydrogens is 442 g/mol. The van der Waals surface area contributed by atoms with Crippen molar-refractivity contribution in [2.24, 2.45) is 7.05 Å². The van der Waals surface area contributed by atoms with Gasteiger partial charge in [0.1, 0.15) is 11.6 Å². The Bertz CT molecular complexity index is 1390. The predicted molar refractivity (Wildman–Crippen MR) is 119 cm³/mol. The average molecular weight is 464 g/mol. The van der Waals surface area contributed by atoms with Crippen LogP contribution in [0.25, 0.3) is 11.3 Å². The summed E-state index contributed by atoms with van der Waals surface area (Å²) < 4.78 is 39.9. The molecule has 0 radical (unpaired) electrons. The van der Waals surface area contributed by atoms with E-state index in [0.717, 1.165) is 34.4 Å². The first kappa shape index (κ1) is 21.8. The maximum Gasteiger partial charge on any atom is 0.276 e. The van der Waals surface area contributed by atoms with Crippen molar-refractivity contribution < 1.29 is 22.8 Å². The zero-order chi connectivity index (χ0) is 24.0. The first-order valence-electron chi connectivity index (χ1n) is 10.7. The van der Waals surface area contributed by atoms with Crippen molar-refractivity contribution in [2.45, 2.75) is 19.4 Å². The number of hydrogen-bond acceptors (Lipinski definition) is 5. The Morgan fingerprint density at radius 1 is 1.18 bits per heavy atom. The molecule has 0 spiro atoms. The van der Waals surface area contributed by atoms with E-state index < -0.39 is 11.6 Å². The van der Waals surface area contributed by atoms with Crippen LogP contribution < -0.4 is 4.74 Å². The number of fused-ring (bicyclic) bond motifs is 1. The highest BCUT2D eigenvalue weighted by Gasteiger charge is 2.34. The molecule has 34 heavy (non-hydrogen) atoms. The quantitative estimate of drug-likeness (QED) is 0.446. The lowest BCUT2D eigenvalue weighted by molar-refractivity contribution is 0.0713. The van der Waals surface area contributed by atoms with E-state index in [1.54, 1.807) is 29.9 Å². The Morgan fingerprint density at radius 2 is 2.00 bits per heavy atom. The lowest BCUT2D eigenvalue weighted by Gasteiger charge is -2.35. The van der Waals surface area contributed by atoms with Crippen molar-refractivity contribution in [1.82, 2.24) is 19.8 Å². The number of aryl methyl sites for hydroxylation is 2. The molecule has 0 fully saturated rings. The molecule has 1 aliphatic rings. The van der Waals surface area contributed by atoms with E-state index >= 15 is 0 Å². The molecule has 0 bridgehead atoms. The summed E-state index contributed by atoms with van der Waals surface area (Å²) in [5, 5.41) is 8.21. The molecule has 3 heterocycles. The number of benzene rings is 2. The van der Waals surface area contributed by atoms with Crippen LogP contribution in [-0.4, -0.2) is 39.4 Å². The monoisotopic (exact) mass is 464 g/mol. The molecule has 0 N–H and O–H groups in total. The number of nitrogens with zero attached hydrogens (tertiary/aromatic N) is 4. The number of ether oxygens (including phenoxy) is 1. The molecule has 5 rings (SSSR count). The van der Waals surface area contributed by atoms with Gasteiger partial charge in [-0.1, -0.05) is 23.4 Å². The summed E-state index contributed by atoms with van der Waals surface area (Å²) in [4.78, 5) is 15.1. The maximum atomic E-state index is 14.2. The Balaban J connectivity index is 1.50. The topological polar surface area (TPSA) is 73.4 Å². The number of methoxy groups -OCH3 is 1. The van der Waals surface area contributed by atoms with Crippen LogP contribution >= 0.6 is 0 Å². The molecule has 9 heteroatoms. The van der Waals surface area contributed by atoms with Crippen molar-refractivity contribution >= 4 is 5.91 Å². The Labute approximate surface area is 194 Å². The van der Waals surface area contributed by atoms with E-state index in [9.17, 15) is 13.6 Å². The minimum absolute atomic E-state index is 0.0331. The second-order valence-electron chi connectivity index (χ2n) is 8.31. The molecule has 0 aliphatic carbocycles. The normalized spacial score (nSPS) is 15.3. The molecule has 2 aromatic carbocycles. The highest BCUT2D eigenvalue weighted by atomic mass is 19.1. The maximum absolute atomic E-state index is 14.2. The van der Waals surface area contributed by atoms with Crippen molar-refractivity contribution in [3.8, 4) is 17.2 Å². The van der Waals surface area contributed by atoms with E-state index in [-0.39, 0.29) is 28.8 Å². The molecular formula is C25H22F2N4O3. The van der Waals surface area contributed by atoms with Crippen LogP contribution in [-0.2, 0) is 13.6 Å². The standard InChI is InChI=1S/C25H22F2N4O3/c1-14-5-4-6-16-19(14)12-31(13-20(16)18-11-28-30(2)25(18)33-3)24(32)22-10-23(34-29-22)17-8-7-15(26)9-21(17)27/h4-11,20H,12-13H2,1-3H3. The third-order valence-electron chi connectivity index (χ3n) is 6.27. The summed E-state index contributed by atoms with van der Waals surface area (Å²) in [7, 11) is 3.39. The third-order valence-corrected chi connectivity index (χ3v) is 6.27. The van der Waals surface area contributed by atoms with Gasteiger partial charge in [-0.3, -0.25) is 4.79 Å². The number of aromatic nitrogens is 3. The number of rotatable bonds is 4. The van der Waals surface area contributed by atoms with Gasteiger partial charge in [0.05, 0.1) is 18.9 Å². The van der Waals surface area contributed by atoms with Gasteiger partial charge in [0, 0.05) is 43.8 Å². The summed E-state index contributed by atoms with van der Waals surface area (Å²) in [6.45, 7) is 2.79. The van der Waals surface area contributed by atoms with Crippen LogP contribution in [0.2, 0.25) is 0 Å². The van der Waals surface area contributed by atoms with Crippen LogP contribution in [0.5, 0.6) is 5.88 Å². The second-order valence-corrected chi connectivity index (χ2v) is 8.31. The number of hydrogen-bond donors (Lipinski definition) is 0. The number of carbonyl (C=O) groups excluding carboxylic acids is 1.